The maximum Gasteiger partial charge on any atom is 0.336 e. The van der Waals surface area contributed by atoms with Gasteiger partial charge >= 0.3 is 5.63 Å². The van der Waals surface area contributed by atoms with Crippen LogP contribution in [0.5, 0.6) is 0 Å². The minimum Gasteiger partial charge on any atom is -0.456 e. The molecular formula is C22H14O3. The first kappa shape index (κ1) is 14.1. The SMILES string of the molecule is Cc1cc(=O)oc2cc3oc4cccc(-c5ccccc5)c4c3cc12. The standard InChI is InChI=1S/C22H14O3/c1-13-10-21(23)25-19-12-20-17(11-16(13)19)22-15(8-5-9-18(22)24-20)14-6-3-2-4-7-14/h2-12H,1H3. The molecule has 0 amide bonds. The highest BCUT2D eigenvalue weighted by Crippen LogP contribution is 2.38. The molecule has 0 atom stereocenters. The van der Waals surface area contributed by atoms with Crippen LogP contribution in [0.25, 0.3) is 44.0 Å². The minimum atomic E-state index is -0.342. The Morgan fingerprint density at radius 2 is 1.52 bits per heavy atom. The molecule has 2 heterocycles. The quantitative estimate of drug-likeness (QED) is 0.373. The Hall–Kier alpha value is -3.33. The van der Waals surface area contributed by atoms with Gasteiger partial charge < -0.3 is 8.83 Å². The van der Waals surface area contributed by atoms with Crippen molar-refractivity contribution in [2.24, 2.45) is 0 Å². The highest BCUT2D eigenvalue weighted by Gasteiger charge is 2.14. The molecule has 0 fully saturated rings. The lowest BCUT2D eigenvalue weighted by molar-refractivity contribution is 0.559. The van der Waals surface area contributed by atoms with E-state index in [2.05, 4.69) is 24.3 Å². The molecule has 5 rings (SSSR count). The van der Waals surface area contributed by atoms with Crippen molar-refractivity contribution in [1.82, 2.24) is 0 Å². The summed E-state index contributed by atoms with van der Waals surface area (Å²) < 4.78 is 11.4. The van der Waals surface area contributed by atoms with E-state index in [4.69, 9.17) is 8.83 Å². The van der Waals surface area contributed by atoms with Crippen molar-refractivity contribution in [2.45, 2.75) is 6.92 Å². The van der Waals surface area contributed by atoms with Crippen molar-refractivity contribution in [2.75, 3.05) is 0 Å². The molecule has 0 saturated carbocycles. The van der Waals surface area contributed by atoms with Gasteiger partial charge in [0.2, 0.25) is 0 Å². The molecule has 0 aliphatic rings. The van der Waals surface area contributed by atoms with Crippen LogP contribution in [0.2, 0.25) is 0 Å². The molecule has 3 aromatic carbocycles. The zero-order valence-corrected chi connectivity index (χ0v) is 13.6. The molecule has 3 nitrogen and oxygen atoms in total. The monoisotopic (exact) mass is 326 g/mol. The smallest absolute Gasteiger partial charge is 0.336 e. The summed E-state index contributed by atoms with van der Waals surface area (Å²) in [5.41, 5.74) is 4.94. The van der Waals surface area contributed by atoms with Gasteiger partial charge in [0.1, 0.15) is 16.7 Å². The molecule has 0 spiro atoms. The van der Waals surface area contributed by atoms with Crippen molar-refractivity contribution >= 4 is 32.9 Å². The molecule has 0 aliphatic carbocycles. The van der Waals surface area contributed by atoms with Crippen LogP contribution in [0.4, 0.5) is 0 Å². The van der Waals surface area contributed by atoms with Crippen LogP contribution < -0.4 is 5.63 Å². The first-order chi connectivity index (χ1) is 12.2. The molecule has 25 heavy (non-hydrogen) atoms. The van der Waals surface area contributed by atoms with Gasteiger partial charge in [0.15, 0.2) is 0 Å². The molecule has 0 bridgehead atoms. The first-order valence-corrected chi connectivity index (χ1v) is 8.16. The number of rotatable bonds is 1. The third kappa shape index (κ3) is 2.09. The second kappa shape index (κ2) is 5.08. The maximum absolute atomic E-state index is 11.7. The number of aryl methyl sites for hydroxylation is 1. The Bertz CT molecular complexity index is 1310. The lowest BCUT2D eigenvalue weighted by Gasteiger charge is -2.04. The van der Waals surface area contributed by atoms with E-state index in [0.29, 0.717) is 5.58 Å². The fraction of sp³-hybridized carbons (Fsp3) is 0.0455. The summed E-state index contributed by atoms with van der Waals surface area (Å²) in [6.07, 6.45) is 0. The lowest BCUT2D eigenvalue weighted by atomic mass is 9.98. The van der Waals surface area contributed by atoms with Gasteiger partial charge in [0.25, 0.3) is 0 Å². The predicted octanol–water partition coefficient (Wildman–Crippen LogP) is 5.67. The second-order valence-corrected chi connectivity index (χ2v) is 6.24. The number of furan rings is 1. The zero-order valence-electron chi connectivity index (χ0n) is 13.6. The van der Waals surface area contributed by atoms with Gasteiger partial charge in [-0.3, -0.25) is 0 Å². The molecule has 0 unspecified atom stereocenters. The molecule has 2 aromatic heterocycles. The van der Waals surface area contributed by atoms with E-state index in [-0.39, 0.29) is 5.63 Å². The highest BCUT2D eigenvalue weighted by molar-refractivity contribution is 6.15. The van der Waals surface area contributed by atoms with Crippen LogP contribution in [0, 0.1) is 6.92 Å². The predicted molar refractivity (Wildman–Crippen MR) is 99.9 cm³/mol. The van der Waals surface area contributed by atoms with Crippen molar-refractivity contribution < 1.29 is 8.83 Å². The van der Waals surface area contributed by atoms with Crippen LogP contribution in [-0.2, 0) is 0 Å². The Kier molecular flexibility index (Phi) is 2.86. The molecule has 0 aliphatic heterocycles. The van der Waals surface area contributed by atoms with Gasteiger partial charge in [-0.2, -0.15) is 0 Å². The van der Waals surface area contributed by atoms with E-state index in [0.717, 1.165) is 44.0 Å². The van der Waals surface area contributed by atoms with Crippen LogP contribution in [-0.4, -0.2) is 0 Å². The van der Waals surface area contributed by atoms with Gasteiger partial charge in [-0.15, -0.1) is 0 Å². The summed E-state index contributed by atoms with van der Waals surface area (Å²) in [5, 5.41) is 3.03. The average molecular weight is 326 g/mol. The van der Waals surface area contributed by atoms with Crippen molar-refractivity contribution in [3.05, 3.63) is 82.7 Å². The first-order valence-electron chi connectivity index (χ1n) is 8.16. The van der Waals surface area contributed by atoms with E-state index >= 15 is 0 Å². The topological polar surface area (TPSA) is 43.4 Å². The van der Waals surface area contributed by atoms with Crippen LogP contribution in [0.3, 0.4) is 0 Å². The third-order valence-electron chi connectivity index (χ3n) is 4.65. The largest absolute Gasteiger partial charge is 0.456 e. The fourth-order valence-electron chi connectivity index (χ4n) is 3.50. The molecule has 0 N–H and O–H groups in total. The second-order valence-electron chi connectivity index (χ2n) is 6.24. The molecule has 3 heteroatoms. The van der Waals surface area contributed by atoms with E-state index in [1.165, 1.54) is 6.07 Å². The van der Waals surface area contributed by atoms with Crippen molar-refractivity contribution in [3.8, 4) is 11.1 Å². The Labute approximate surface area is 143 Å². The summed E-state index contributed by atoms with van der Waals surface area (Å²) in [4.78, 5) is 11.7. The van der Waals surface area contributed by atoms with Gasteiger partial charge in [-0.05, 0) is 35.7 Å². The van der Waals surface area contributed by atoms with Crippen LogP contribution >= 0.6 is 0 Å². The molecule has 120 valence electrons. The van der Waals surface area contributed by atoms with Gasteiger partial charge in [0, 0.05) is 28.3 Å². The number of hydrogen-bond acceptors (Lipinski definition) is 3. The fourth-order valence-corrected chi connectivity index (χ4v) is 3.50. The maximum atomic E-state index is 11.7. The van der Waals surface area contributed by atoms with E-state index in [1.54, 1.807) is 0 Å². The summed E-state index contributed by atoms with van der Waals surface area (Å²) in [6.45, 7) is 1.92. The zero-order chi connectivity index (χ0) is 17.0. The summed E-state index contributed by atoms with van der Waals surface area (Å²) in [7, 11) is 0. The van der Waals surface area contributed by atoms with Crippen molar-refractivity contribution in [3.63, 3.8) is 0 Å². The van der Waals surface area contributed by atoms with Crippen LogP contribution in [0.1, 0.15) is 5.56 Å². The number of fused-ring (bicyclic) bond motifs is 4. The van der Waals surface area contributed by atoms with E-state index < -0.39 is 0 Å². The Balaban J connectivity index is 1.96. The Morgan fingerprint density at radius 3 is 2.36 bits per heavy atom. The highest BCUT2D eigenvalue weighted by atomic mass is 16.4. The van der Waals surface area contributed by atoms with E-state index in [1.807, 2.05) is 43.3 Å². The minimum absolute atomic E-state index is 0.342. The number of hydrogen-bond donors (Lipinski definition) is 0. The summed E-state index contributed by atoms with van der Waals surface area (Å²) >= 11 is 0. The van der Waals surface area contributed by atoms with Crippen molar-refractivity contribution in [1.29, 1.82) is 0 Å². The average Bonchev–Trinajstić information content (AvgIpc) is 2.98. The lowest BCUT2D eigenvalue weighted by Crippen LogP contribution is -1.97. The number of benzene rings is 3. The molecule has 0 saturated heterocycles. The van der Waals surface area contributed by atoms with Crippen LogP contribution in [0.15, 0.2) is 80.4 Å². The normalized spacial score (nSPS) is 11.6. The van der Waals surface area contributed by atoms with Gasteiger partial charge in [-0.1, -0.05) is 42.5 Å². The summed E-state index contributed by atoms with van der Waals surface area (Å²) in [6, 6.07) is 21.7. The van der Waals surface area contributed by atoms with E-state index in [9.17, 15) is 4.79 Å². The summed E-state index contributed by atoms with van der Waals surface area (Å²) in [5.74, 6) is 0. The molecule has 5 aromatic rings. The molecular weight excluding hydrogens is 312 g/mol. The Morgan fingerprint density at radius 1 is 0.720 bits per heavy atom. The van der Waals surface area contributed by atoms with Gasteiger partial charge in [0.05, 0.1) is 0 Å². The molecule has 0 radical (unpaired) electrons. The third-order valence-corrected chi connectivity index (χ3v) is 4.65. The van der Waals surface area contributed by atoms with Gasteiger partial charge in [-0.25, -0.2) is 4.79 Å².